The Morgan fingerprint density at radius 3 is 2.74 bits per heavy atom. The first-order chi connectivity index (χ1) is 18.8. The van der Waals surface area contributed by atoms with Gasteiger partial charge in [-0.1, -0.05) is 18.2 Å². The van der Waals surface area contributed by atoms with E-state index in [-0.39, 0.29) is 0 Å². The van der Waals surface area contributed by atoms with Crippen molar-refractivity contribution < 1.29 is 23.5 Å². The summed E-state index contributed by atoms with van der Waals surface area (Å²) in [5.74, 6) is 3.27. The molecule has 2 aliphatic rings. The highest BCUT2D eigenvalue weighted by Crippen LogP contribution is 2.41. The minimum absolute atomic E-state index is 0.291. The number of benzene rings is 3. The van der Waals surface area contributed by atoms with Crippen LogP contribution in [0.5, 0.6) is 23.0 Å². The average molecular weight is 508 g/mol. The summed E-state index contributed by atoms with van der Waals surface area (Å²) in [5, 5.41) is 3.52. The molecule has 0 radical (unpaired) electrons. The summed E-state index contributed by atoms with van der Waals surface area (Å²) in [5.41, 5.74) is 4.99. The number of para-hydroxylation sites is 1. The van der Waals surface area contributed by atoms with Gasteiger partial charge in [-0.05, 0) is 72.0 Å². The molecule has 0 bridgehead atoms. The Bertz CT molecular complexity index is 1660. The summed E-state index contributed by atoms with van der Waals surface area (Å²) in [7, 11) is 1.71. The van der Waals surface area contributed by atoms with Crippen LogP contribution in [-0.4, -0.2) is 25.1 Å². The predicted octanol–water partition coefficient (Wildman–Crippen LogP) is 6.29. The number of hydrogen-bond donors (Lipinski definition) is 0. The molecule has 0 atom stereocenters. The Balaban J connectivity index is 1.08. The molecular formula is C32H31N2O4+. The molecule has 2 aliphatic heterocycles. The quantitative estimate of drug-likeness (QED) is 0.183. The van der Waals surface area contributed by atoms with Gasteiger partial charge in [0.15, 0.2) is 35.7 Å². The molecule has 192 valence electrons. The van der Waals surface area contributed by atoms with Crippen LogP contribution in [0.25, 0.3) is 32.9 Å². The molecule has 5 aromatic rings. The van der Waals surface area contributed by atoms with E-state index in [1.165, 1.54) is 27.7 Å². The minimum Gasteiger partial charge on any atom is -0.493 e. The van der Waals surface area contributed by atoms with E-state index in [9.17, 15) is 0 Å². The van der Waals surface area contributed by atoms with Gasteiger partial charge in [0.2, 0.25) is 12.5 Å². The van der Waals surface area contributed by atoms with Crippen LogP contribution in [0.4, 0.5) is 0 Å². The van der Waals surface area contributed by atoms with Crippen LogP contribution < -0.4 is 23.5 Å². The number of hydrogen-bond acceptors (Lipinski definition) is 4. The van der Waals surface area contributed by atoms with Gasteiger partial charge in [0.05, 0.1) is 24.7 Å². The van der Waals surface area contributed by atoms with Gasteiger partial charge in [0, 0.05) is 30.7 Å². The van der Waals surface area contributed by atoms with Crippen molar-refractivity contribution in [1.29, 1.82) is 0 Å². The van der Waals surface area contributed by atoms with E-state index < -0.39 is 0 Å². The summed E-state index contributed by atoms with van der Waals surface area (Å²) >= 11 is 0. The maximum absolute atomic E-state index is 6.39. The summed E-state index contributed by atoms with van der Waals surface area (Å²) in [6, 6.07) is 21.4. The molecule has 3 aromatic carbocycles. The highest BCUT2D eigenvalue weighted by Gasteiger charge is 2.28. The Hall–Kier alpha value is -4.19. The van der Waals surface area contributed by atoms with E-state index in [2.05, 4.69) is 76.1 Å². The van der Waals surface area contributed by atoms with Crippen molar-refractivity contribution in [3.05, 3.63) is 78.6 Å². The minimum atomic E-state index is 0.291. The van der Waals surface area contributed by atoms with E-state index in [0.717, 1.165) is 72.5 Å². The van der Waals surface area contributed by atoms with Gasteiger partial charge in [0.1, 0.15) is 0 Å². The van der Waals surface area contributed by atoms with Gasteiger partial charge in [-0.2, -0.15) is 4.57 Å². The number of unbranched alkanes of at least 4 members (excludes halogenated alkanes) is 2. The highest BCUT2D eigenvalue weighted by molar-refractivity contribution is 5.91. The third-order valence-corrected chi connectivity index (χ3v) is 7.77. The zero-order valence-corrected chi connectivity index (χ0v) is 21.6. The fourth-order valence-electron chi connectivity index (χ4n) is 5.78. The second-order valence-electron chi connectivity index (χ2n) is 10.0. The molecule has 38 heavy (non-hydrogen) atoms. The Kier molecular flexibility index (Phi) is 5.80. The van der Waals surface area contributed by atoms with Gasteiger partial charge in [-0.15, -0.1) is 0 Å². The largest absolute Gasteiger partial charge is 0.493 e. The van der Waals surface area contributed by atoms with E-state index in [1.54, 1.807) is 7.11 Å². The maximum atomic E-state index is 6.39. The number of rotatable bonds is 8. The first-order valence-corrected chi connectivity index (χ1v) is 13.4. The molecule has 0 saturated heterocycles. The number of nitrogens with zero attached hydrogens (tertiary/aromatic N) is 2. The second kappa shape index (κ2) is 9.60. The van der Waals surface area contributed by atoms with Crippen molar-refractivity contribution in [1.82, 2.24) is 4.57 Å². The van der Waals surface area contributed by atoms with Crippen molar-refractivity contribution >= 4 is 21.7 Å². The maximum Gasteiger partial charge on any atom is 0.231 e. The van der Waals surface area contributed by atoms with E-state index in [4.69, 9.17) is 18.9 Å². The molecule has 0 spiro atoms. The SMILES string of the molecule is COc1ccc2cc3[n+](cc2c1OCCCCCn1ccc2ccccc21)CCc1cc2c(cc1-3)OCO2. The third kappa shape index (κ3) is 4.01. The molecule has 6 nitrogen and oxygen atoms in total. The lowest BCUT2D eigenvalue weighted by Gasteiger charge is -2.18. The number of aromatic nitrogens is 2. The van der Waals surface area contributed by atoms with Gasteiger partial charge in [0.25, 0.3) is 0 Å². The average Bonchev–Trinajstić information content (AvgIpc) is 3.59. The summed E-state index contributed by atoms with van der Waals surface area (Å²) in [4.78, 5) is 0. The van der Waals surface area contributed by atoms with Crippen LogP contribution in [0.1, 0.15) is 24.8 Å². The Morgan fingerprint density at radius 1 is 0.921 bits per heavy atom. The molecule has 0 fully saturated rings. The predicted molar refractivity (Wildman–Crippen MR) is 147 cm³/mol. The van der Waals surface area contributed by atoms with E-state index in [1.807, 2.05) is 6.07 Å². The molecule has 0 unspecified atom stereocenters. The van der Waals surface area contributed by atoms with Crippen LogP contribution in [-0.2, 0) is 19.5 Å². The second-order valence-corrected chi connectivity index (χ2v) is 10.0. The van der Waals surface area contributed by atoms with Crippen LogP contribution in [0.2, 0.25) is 0 Å². The molecule has 2 aromatic heterocycles. The molecular weight excluding hydrogens is 476 g/mol. The smallest absolute Gasteiger partial charge is 0.231 e. The van der Waals surface area contributed by atoms with Gasteiger partial charge >= 0.3 is 0 Å². The molecule has 0 amide bonds. The van der Waals surface area contributed by atoms with Crippen LogP contribution in [0, 0.1) is 0 Å². The van der Waals surface area contributed by atoms with Gasteiger partial charge in [-0.25, -0.2) is 0 Å². The number of pyridine rings is 1. The normalized spacial score (nSPS) is 13.5. The molecule has 0 saturated carbocycles. The molecule has 7 rings (SSSR count). The first-order valence-electron chi connectivity index (χ1n) is 13.4. The lowest BCUT2D eigenvalue weighted by molar-refractivity contribution is -0.686. The first kappa shape index (κ1) is 23.0. The number of methoxy groups -OCH3 is 1. The standard InChI is InChI=1S/C32H31N2O4/c1-35-29-10-9-23-17-28-25-19-31-30(37-21-38-31)18-24(25)12-15-34(28)20-26(23)32(29)36-16-6-2-5-13-33-14-11-22-7-3-4-8-27(22)33/h3-4,7-11,14,17-20H,2,5-6,12-13,15-16,21H2,1H3/q+1. The molecule has 0 N–H and O–H groups in total. The Labute approximate surface area is 221 Å². The van der Waals surface area contributed by atoms with Gasteiger partial charge < -0.3 is 23.5 Å². The molecule has 0 aliphatic carbocycles. The third-order valence-electron chi connectivity index (χ3n) is 7.77. The zero-order valence-electron chi connectivity index (χ0n) is 21.6. The zero-order chi connectivity index (χ0) is 25.5. The number of fused-ring (bicyclic) bond motifs is 6. The lowest BCUT2D eigenvalue weighted by Crippen LogP contribution is -2.40. The monoisotopic (exact) mass is 507 g/mol. The van der Waals surface area contributed by atoms with Crippen molar-refractivity contribution in [3.63, 3.8) is 0 Å². The van der Waals surface area contributed by atoms with Crippen LogP contribution in [0.3, 0.4) is 0 Å². The topological polar surface area (TPSA) is 45.7 Å². The van der Waals surface area contributed by atoms with Crippen molar-refractivity contribution in [2.45, 2.75) is 38.8 Å². The molecule has 4 heterocycles. The Morgan fingerprint density at radius 2 is 1.82 bits per heavy atom. The molecule has 6 heteroatoms. The van der Waals surface area contributed by atoms with Crippen molar-refractivity contribution in [2.24, 2.45) is 0 Å². The van der Waals surface area contributed by atoms with Crippen molar-refractivity contribution in [2.75, 3.05) is 20.5 Å². The van der Waals surface area contributed by atoms with Crippen LogP contribution in [0.15, 0.2) is 73.1 Å². The van der Waals surface area contributed by atoms with Crippen molar-refractivity contribution in [3.8, 4) is 34.3 Å². The number of aryl methyl sites for hydroxylation is 3. The fraction of sp³-hybridized carbons (Fsp3) is 0.281. The van der Waals surface area contributed by atoms with Crippen LogP contribution >= 0.6 is 0 Å². The summed E-state index contributed by atoms with van der Waals surface area (Å²) < 4.78 is 28.0. The highest BCUT2D eigenvalue weighted by atomic mass is 16.7. The number of ether oxygens (including phenoxy) is 4. The van der Waals surface area contributed by atoms with Gasteiger partial charge in [-0.3, -0.25) is 0 Å². The van der Waals surface area contributed by atoms with E-state index >= 15 is 0 Å². The lowest BCUT2D eigenvalue weighted by atomic mass is 9.95. The van der Waals surface area contributed by atoms with E-state index in [0.29, 0.717) is 13.4 Å². The fourth-order valence-corrected chi connectivity index (χ4v) is 5.78. The summed E-state index contributed by atoms with van der Waals surface area (Å²) in [6.45, 7) is 2.88. The summed E-state index contributed by atoms with van der Waals surface area (Å²) in [6.07, 6.45) is 8.58.